The first-order valence-electron chi connectivity index (χ1n) is 7.54. The fraction of sp³-hybridized carbons (Fsp3) is 0.625. The molecule has 1 aliphatic carbocycles. The Hall–Kier alpha value is -0.520. The first-order valence-corrected chi connectivity index (χ1v) is 10.8. The first-order chi connectivity index (χ1) is 9.98. The number of sulfone groups is 1. The molecule has 1 fully saturated rings. The fourth-order valence-corrected chi connectivity index (χ4v) is 5.76. The summed E-state index contributed by atoms with van der Waals surface area (Å²) >= 11 is 1.98. The molecule has 3 rings (SSSR count). The van der Waals surface area contributed by atoms with Crippen LogP contribution in [0.25, 0.3) is 0 Å². The van der Waals surface area contributed by atoms with E-state index in [4.69, 9.17) is 0 Å². The maximum atomic E-state index is 11.6. The topological polar surface area (TPSA) is 46.2 Å². The van der Waals surface area contributed by atoms with Crippen LogP contribution in [0.4, 0.5) is 0 Å². The van der Waals surface area contributed by atoms with Gasteiger partial charge in [-0.2, -0.15) is 11.8 Å². The van der Waals surface area contributed by atoms with Crippen LogP contribution >= 0.6 is 11.8 Å². The highest BCUT2D eigenvalue weighted by Gasteiger charge is 2.45. The molecule has 1 aromatic carbocycles. The molecule has 1 aliphatic heterocycles. The molecular weight excluding hydrogens is 302 g/mol. The highest BCUT2D eigenvalue weighted by Crippen LogP contribution is 2.46. The molecule has 1 N–H and O–H groups in total. The minimum atomic E-state index is -2.89. The zero-order valence-corrected chi connectivity index (χ0v) is 14.1. The molecule has 0 saturated heterocycles. The summed E-state index contributed by atoms with van der Waals surface area (Å²) in [7, 11) is -2.89. The molecule has 1 heterocycles. The molecule has 0 unspecified atom stereocenters. The second-order valence-electron chi connectivity index (χ2n) is 6.53. The van der Waals surface area contributed by atoms with Gasteiger partial charge in [-0.3, -0.25) is 0 Å². The van der Waals surface area contributed by atoms with Gasteiger partial charge in [-0.1, -0.05) is 24.3 Å². The van der Waals surface area contributed by atoms with Crippen LogP contribution in [-0.4, -0.2) is 38.5 Å². The van der Waals surface area contributed by atoms with Crippen LogP contribution in [0.1, 0.15) is 30.0 Å². The molecule has 3 nitrogen and oxygen atoms in total. The Morgan fingerprint density at radius 1 is 1.33 bits per heavy atom. The van der Waals surface area contributed by atoms with Gasteiger partial charge in [0.2, 0.25) is 0 Å². The molecule has 1 atom stereocenters. The molecule has 0 spiro atoms. The Morgan fingerprint density at radius 3 is 2.81 bits per heavy atom. The number of rotatable bonds is 5. The van der Waals surface area contributed by atoms with Gasteiger partial charge in [0.25, 0.3) is 0 Å². The van der Waals surface area contributed by atoms with E-state index in [1.54, 1.807) is 0 Å². The van der Waals surface area contributed by atoms with Crippen molar-refractivity contribution >= 4 is 21.6 Å². The van der Waals surface area contributed by atoms with Gasteiger partial charge >= 0.3 is 0 Å². The Kier molecular flexibility index (Phi) is 4.35. The minimum Gasteiger partial charge on any atom is -0.309 e. The largest absolute Gasteiger partial charge is 0.309 e. The van der Waals surface area contributed by atoms with Crippen LogP contribution in [0.3, 0.4) is 0 Å². The molecular formula is C16H23NO2S2. The molecule has 1 saturated carbocycles. The van der Waals surface area contributed by atoms with Crippen molar-refractivity contribution in [3.8, 4) is 0 Å². The van der Waals surface area contributed by atoms with Crippen LogP contribution in [0.2, 0.25) is 0 Å². The third-order valence-corrected chi connectivity index (χ3v) is 6.68. The van der Waals surface area contributed by atoms with Gasteiger partial charge in [0.1, 0.15) is 9.84 Å². The van der Waals surface area contributed by atoms with E-state index in [0.29, 0.717) is 11.8 Å². The van der Waals surface area contributed by atoms with Crippen molar-refractivity contribution in [2.24, 2.45) is 5.41 Å². The van der Waals surface area contributed by atoms with Crippen molar-refractivity contribution in [1.29, 1.82) is 0 Å². The van der Waals surface area contributed by atoms with Crippen LogP contribution < -0.4 is 5.32 Å². The normalized spacial score (nSPS) is 24.1. The van der Waals surface area contributed by atoms with Gasteiger partial charge in [-0.25, -0.2) is 8.42 Å². The highest BCUT2D eigenvalue weighted by atomic mass is 32.2. The molecule has 2 aliphatic rings. The smallest absolute Gasteiger partial charge is 0.148 e. The average Bonchev–Trinajstić information content (AvgIpc) is 3.18. The van der Waals surface area contributed by atoms with Crippen LogP contribution in [0, 0.1) is 5.41 Å². The van der Waals surface area contributed by atoms with Crippen molar-refractivity contribution in [3.63, 3.8) is 0 Å². The Bertz CT molecular complexity index is 608. The number of hydrogen-bond donors (Lipinski definition) is 1. The van der Waals surface area contributed by atoms with E-state index in [-0.39, 0.29) is 5.41 Å². The summed E-state index contributed by atoms with van der Waals surface area (Å²) in [6.45, 7) is 0.819. The number of benzene rings is 1. The van der Waals surface area contributed by atoms with Crippen molar-refractivity contribution in [2.45, 2.75) is 25.3 Å². The Balaban J connectivity index is 1.68. The molecule has 21 heavy (non-hydrogen) atoms. The van der Waals surface area contributed by atoms with E-state index in [0.717, 1.165) is 31.6 Å². The van der Waals surface area contributed by atoms with Gasteiger partial charge in [-0.05, 0) is 41.6 Å². The molecule has 1 aromatic rings. The summed E-state index contributed by atoms with van der Waals surface area (Å²) in [5.41, 5.74) is 2.84. The second-order valence-corrected chi connectivity index (χ2v) is 9.82. The molecule has 0 radical (unpaired) electrons. The zero-order valence-electron chi connectivity index (χ0n) is 12.5. The summed E-state index contributed by atoms with van der Waals surface area (Å²) < 4.78 is 23.1. The maximum Gasteiger partial charge on any atom is 0.148 e. The predicted octanol–water partition coefficient (Wildman–Crippen LogP) is 2.43. The lowest BCUT2D eigenvalue weighted by Crippen LogP contribution is -2.33. The molecule has 0 aromatic heterocycles. The number of thioether (sulfide) groups is 1. The van der Waals surface area contributed by atoms with Crippen LogP contribution in [0.5, 0.6) is 0 Å². The summed E-state index contributed by atoms with van der Waals surface area (Å²) in [4.78, 5) is 0. The van der Waals surface area contributed by atoms with E-state index in [9.17, 15) is 8.42 Å². The van der Waals surface area contributed by atoms with E-state index in [1.807, 2.05) is 11.8 Å². The lowest BCUT2D eigenvalue weighted by Gasteiger charge is -2.23. The molecule has 116 valence electrons. The standard InChI is InChI=1S/C16H23NO2S2/c1-21(18,19)12-16(7-8-16)11-17-15-10-20-9-6-13-4-2-3-5-14(13)15/h2-5,15,17H,6-12H2,1H3/t15-/m0/s1. The average molecular weight is 325 g/mol. The van der Waals surface area contributed by atoms with Crippen molar-refractivity contribution in [2.75, 3.05) is 30.1 Å². The van der Waals surface area contributed by atoms with Gasteiger partial charge in [0.05, 0.1) is 5.75 Å². The van der Waals surface area contributed by atoms with Crippen molar-refractivity contribution in [1.82, 2.24) is 5.32 Å². The summed E-state index contributed by atoms with van der Waals surface area (Å²) in [6, 6.07) is 9.00. The molecule has 5 heteroatoms. The van der Waals surface area contributed by atoms with E-state index in [1.165, 1.54) is 23.1 Å². The summed E-state index contributed by atoms with van der Waals surface area (Å²) in [5.74, 6) is 2.57. The summed E-state index contributed by atoms with van der Waals surface area (Å²) in [6.07, 6.45) is 4.56. The van der Waals surface area contributed by atoms with Crippen molar-refractivity contribution < 1.29 is 8.42 Å². The van der Waals surface area contributed by atoms with E-state index >= 15 is 0 Å². The van der Waals surface area contributed by atoms with Gasteiger partial charge in [-0.15, -0.1) is 0 Å². The molecule has 0 bridgehead atoms. The zero-order chi connectivity index (χ0) is 14.9. The number of fused-ring (bicyclic) bond motifs is 1. The van der Waals surface area contributed by atoms with E-state index < -0.39 is 9.84 Å². The van der Waals surface area contributed by atoms with Gasteiger partial charge in [0, 0.05) is 24.6 Å². The van der Waals surface area contributed by atoms with Crippen LogP contribution in [-0.2, 0) is 16.3 Å². The first kappa shape index (κ1) is 15.4. The summed E-state index contributed by atoms with van der Waals surface area (Å²) in [5, 5.41) is 3.66. The monoisotopic (exact) mass is 325 g/mol. The fourth-order valence-electron chi connectivity index (χ4n) is 3.19. The number of nitrogens with one attached hydrogen (secondary N) is 1. The third kappa shape index (κ3) is 4.02. The Labute approximate surface area is 131 Å². The number of hydrogen-bond acceptors (Lipinski definition) is 4. The quantitative estimate of drug-likeness (QED) is 0.903. The van der Waals surface area contributed by atoms with Crippen LogP contribution in [0.15, 0.2) is 24.3 Å². The van der Waals surface area contributed by atoms with Gasteiger partial charge < -0.3 is 5.32 Å². The SMILES string of the molecule is CS(=O)(=O)CC1(CN[C@H]2CSCCc3ccccc32)CC1. The van der Waals surface area contributed by atoms with Crippen molar-refractivity contribution in [3.05, 3.63) is 35.4 Å². The Morgan fingerprint density at radius 2 is 2.10 bits per heavy atom. The predicted molar refractivity (Wildman–Crippen MR) is 89.6 cm³/mol. The minimum absolute atomic E-state index is 0.000498. The third-order valence-electron chi connectivity index (χ3n) is 4.48. The molecule has 0 amide bonds. The number of aryl methyl sites for hydroxylation is 1. The lowest BCUT2D eigenvalue weighted by atomic mass is 9.99. The van der Waals surface area contributed by atoms with E-state index in [2.05, 4.69) is 29.6 Å². The second kappa shape index (κ2) is 5.94. The van der Waals surface area contributed by atoms with Gasteiger partial charge in [0.15, 0.2) is 0 Å². The maximum absolute atomic E-state index is 11.6. The lowest BCUT2D eigenvalue weighted by molar-refractivity contribution is 0.457. The highest BCUT2D eigenvalue weighted by molar-refractivity contribution is 7.99.